The molecule has 8 heterocycles. The first-order valence-corrected chi connectivity index (χ1v) is 21.3. The van der Waals surface area contributed by atoms with Crippen LogP contribution >= 0.6 is 0 Å². The number of morpholine rings is 1. The van der Waals surface area contributed by atoms with Crippen molar-refractivity contribution in [2.24, 2.45) is 11.8 Å². The van der Waals surface area contributed by atoms with Crippen LogP contribution in [0.5, 0.6) is 0 Å². The Morgan fingerprint density at radius 3 is 2.55 bits per heavy atom. The molecule has 3 N–H and O–H groups in total. The van der Waals surface area contributed by atoms with E-state index in [9.17, 15) is 28.0 Å². The number of carbonyl (C=O) groups excluding carboxylic acids is 4. The van der Waals surface area contributed by atoms with Gasteiger partial charge in [0.2, 0.25) is 11.8 Å². The van der Waals surface area contributed by atoms with Crippen molar-refractivity contribution >= 4 is 46.5 Å². The summed E-state index contributed by atoms with van der Waals surface area (Å²) >= 11 is 0. The van der Waals surface area contributed by atoms with Gasteiger partial charge in [-0.25, -0.2) is 18.3 Å². The smallest absolute Gasteiger partial charge is 0.284 e. The number of ether oxygens (including phenoxy) is 1. The predicted molar refractivity (Wildman–Crippen MR) is 215 cm³/mol. The van der Waals surface area contributed by atoms with Crippen LogP contribution in [-0.4, -0.2) is 115 Å². The van der Waals surface area contributed by atoms with Crippen molar-refractivity contribution in [2.45, 2.75) is 95.0 Å². The molecule has 0 radical (unpaired) electrons. The van der Waals surface area contributed by atoms with Gasteiger partial charge in [0, 0.05) is 61.8 Å². The predicted octanol–water partition coefficient (Wildman–Crippen LogP) is 4.41. The molecule has 4 amide bonds. The number of piperidine rings is 2. The van der Waals surface area contributed by atoms with Crippen LogP contribution in [-0.2, 0) is 20.9 Å². The fraction of sp³-hybridized carbons (Fsp3) is 0.548. The van der Waals surface area contributed by atoms with Gasteiger partial charge in [-0.15, -0.1) is 0 Å². The molecule has 60 heavy (non-hydrogen) atoms. The zero-order chi connectivity index (χ0) is 41.1. The second-order valence-corrected chi connectivity index (χ2v) is 17.3. The van der Waals surface area contributed by atoms with Crippen LogP contribution < -0.4 is 20.9 Å². The van der Waals surface area contributed by atoms with Gasteiger partial charge in [0.05, 0.1) is 36.7 Å². The third kappa shape index (κ3) is 7.37. The van der Waals surface area contributed by atoms with E-state index >= 15 is 0 Å². The number of aromatic nitrogens is 5. The summed E-state index contributed by atoms with van der Waals surface area (Å²) in [5.41, 5.74) is 2.53. The van der Waals surface area contributed by atoms with Gasteiger partial charge in [0.25, 0.3) is 18.2 Å². The maximum atomic E-state index is 14.3. The van der Waals surface area contributed by atoms with Crippen molar-refractivity contribution in [2.75, 3.05) is 54.9 Å². The van der Waals surface area contributed by atoms with E-state index in [-0.39, 0.29) is 47.7 Å². The Morgan fingerprint density at radius 1 is 0.967 bits per heavy atom. The van der Waals surface area contributed by atoms with E-state index in [4.69, 9.17) is 9.72 Å². The number of carbonyl (C=O) groups is 4. The molecule has 3 atom stereocenters. The van der Waals surface area contributed by atoms with Crippen LogP contribution in [0.2, 0.25) is 0 Å². The van der Waals surface area contributed by atoms with Gasteiger partial charge in [0.1, 0.15) is 17.4 Å². The quantitative estimate of drug-likeness (QED) is 0.183. The molecule has 2 bridgehead atoms. The maximum Gasteiger partial charge on any atom is 0.284 e. The van der Waals surface area contributed by atoms with Crippen LogP contribution in [0.3, 0.4) is 0 Å². The molecule has 1 unspecified atom stereocenters. The fourth-order valence-corrected chi connectivity index (χ4v) is 10.2. The summed E-state index contributed by atoms with van der Waals surface area (Å²) < 4.78 is 37.4. The molecular formula is C42H49F2N11O5. The van der Waals surface area contributed by atoms with Gasteiger partial charge in [-0.05, 0) is 94.5 Å². The molecule has 1 aliphatic carbocycles. The lowest BCUT2D eigenvalue weighted by atomic mass is 9.85. The lowest BCUT2D eigenvalue weighted by Gasteiger charge is -2.36. The molecule has 16 nitrogen and oxygen atoms in total. The highest BCUT2D eigenvalue weighted by atomic mass is 19.3. The largest absolute Gasteiger partial charge is 0.384 e. The van der Waals surface area contributed by atoms with Crippen LogP contribution in [0, 0.1) is 11.8 Å². The summed E-state index contributed by atoms with van der Waals surface area (Å²) in [4.78, 5) is 62.0. The zero-order valence-electron chi connectivity index (χ0n) is 33.3. The second-order valence-electron chi connectivity index (χ2n) is 17.3. The van der Waals surface area contributed by atoms with E-state index < -0.39 is 30.0 Å². The Hall–Kier alpha value is -5.49. The minimum absolute atomic E-state index is 0.00155. The van der Waals surface area contributed by atoms with Crippen molar-refractivity contribution in [3.8, 4) is 0 Å². The van der Waals surface area contributed by atoms with Gasteiger partial charge in [-0.1, -0.05) is 6.07 Å². The monoisotopic (exact) mass is 825 g/mol. The lowest BCUT2D eigenvalue weighted by molar-refractivity contribution is -0.136. The van der Waals surface area contributed by atoms with Crippen LogP contribution in [0.25, 0.3) is 5.65 Å². The Labute approximate surface area is 345 Å². The summed E-state index contributed by atoms with van der Waals surface area (Å²) in [7, 11) is 0. The molecule has 0 spiro atoms. The van der Waals surface area contributed by atoms with E-state index in [0.717, 1.165) is 94.7 Å². The third-order valence-electron chi connectivity index (χ3n) is 13.6. The zero-order valence-corrected chi connectivity index (χ0v) is 33.3. The normalized spacial score (nSPS) is 26.1. The van der Waals surface area contributed by atoms with E-state index in [0.29, 0.717) is 42.6 Å². The molecular weight excluding hydrogens is 777 g/mol. The lowest BCUT2D eigenvalue weighted by Crippen LogP contribution is -2.52. The summed E-state index contributed by atoms with van der Waals surface area (Å²) in [5.74, 6) is 0.279. The molecule has 5 aliphatic heterocycles. The number of halogens is 2. The van der Waals surface area contributed by atoms with E-state index in [1.807, 2.05) is 18.2 Å². The number of hydrogen-bond donors (Lipinski definition) is 3. The standard InChI is InChI=1S/C42H49F2N11O5/c43-38(44)37-33(47-40(57)30-18-46-54-15-12-35(48-39(30)54)52-20-28-16-27(52)23-60-28)22-55(50-37)26-6-4-25(5-7-26)19-51-13-10-24(11-14-51)17-45-32-3-1-2-29-31(32)21-53(42(29)59)34-8-9-36(56)49-41(34)58/h1-3,12,15,18,22,24-28,34,38,45H,4-11,13-14,16-17,19-21,23H2,(H,47,57)(H,49,56,58)/t25-,26-,27-,28-,34?/m1/s1. The number of benzene rings is 1. The summed E-state index contributed by atoms with van der Waals surface area (Å²) in [6.45, 7) is 5.52. The second kappa shape index (κ2) is 15.8. The first kappa shape index (κ1) is 38.7. The van der Waals surface area contributed by atoms with Gasteiger partial charge in [-0.2, -0.15) is 10.2 Å². The SMILES string of the molecule is O=C1CCC(N2Cc3c(NCC4CCN(C[C@H]5CC[C@H](n6cc(NC(=O)c7cnn8ccc(N9C[C@H]%10C[C@@H]9CO%10)nc78)c(C(F)F)n6)CC5)CC4)cccc3C2=O)C(=O)N1. The first-order chi connectivity index (χ1) is 29.1. The number of fused-ring (bicyclic) bond motifs is 4. The number of imide groups is 1. The van der Waals surface area contributed by atoms with Crippen LogP contribution in [0.15, 0.2) is 42.9 Å². The Bertz CT molecular complexity index is 2320. The Kier molecular flexibility index (Phi) is 10.2. The molecule has 10 rings (SSSR count). The van der Waals surface area contributed by atoms with Crippen molar-refractivity contribution in [1.82, 2.24) is 39.5 Å². The molecule has 4 saturated heterocycles. The number of rotatable bonds is 11. The fourth-order valence-electron chi connectivity index (χ4n) is 10.2. The minimum Gasteiger partial charge on any atom is -0.384 e. The van der Waals surface area contributed by atoms with Crippen LogP contribution in [0.1, 0.15) is 102 Å². The van der Waals surface area contributed by atoms with Crippen LogP contribution in [0.4, 0.5) is 26.0 Å². The van der Waals surface area contributed by atoms with E-state index in [1.165, 1.54) is 10.7 Å². The average molecular weight is 826 g/mol. The highest BCUT2D eigenvalue weighted by Gasteiger charge is 2.41. The summed E-state index contributed by atoms with van der Waals surface area (Å²) in [6.07, 6.45) is 9.22. The number of nitrogens with zero attached hydrogens (tertiary/aromatic N) is 8. The van der Waals surface area contributed by atoms with Gasteiger partial charge in [-0.3, -0.25) is 29.2 Å². The molecule has 316 valence electrons. The first-order valence-electron chi connectivity index (χ1n) is 21.3. The molecule has 1 aromatic carbocycles. The number of anilines is 3. The Balaban J connectivity index is 0.701. The minimum atomic E-state index is -2.86. The summed E-state index contributed by atoms with van der Waals surface area (Å²) in [5, 5.41) is 17.2. The molecule has 18 heteroatoms. The van der Waals surface area contributed by atoms with Crippen molar-refractivity contribution in [3.63, 3.8) is 0 Å². The molecule has 4 aromatic rings. The highest BCUT2D eigenvalue weighted by Crippen LogP contribution is 2.37. The maximum absolute atomic E-state index is 14.3. The van der Waals surface area contributed by atoms with Gasteiger partial charge < -0.3 is 30.1 Å². The number of alkyl halides is 2. The topological polar surface area (TPSA) is 171 Å². The molecule has 1 saturated carbocycles. The molecule has 5 fully saturated rings. The van der Waals surface area contributed by atoms with Gasteiger partial charge >= 0.3 is 0 Å². The third-order valence-corrected chi connectivity index (χ3v) is 13.6. The highest BCUT2D eigenvalue weighted by molar-refractivity contribution is 6.08. The molecule has 3 aromatic heterocycles. The number of nitrogens with one attached hydrogen (secondary N) is 3. The molecule has 6 aliphatic rings. The van der Waals surface area contributed by atoms with E-state index in [2.05, 4.69) is 35.9 Å². The number of likely N-dealkylation sites (tertiary alicyclic amines) is 1. The number of amides is 4. The average Bonchev–Trinajstić information content (AvgIpc) is 4.10. The van der Waals surface area contributed by atoms with Crippen molar-refractivity contribution in [3.05, 3.63) is 65.2 Å². The number of hydrogen-bond acceptors (Lipinski definition) is 11. The Morgan fingerprint density at radius 2 is 1.80 bits per heavy atom. The summed E-state index contributed by atoms with van der Waals surface area (Å²) in [6, 6.07) is 7.10. The van der Waals surface area contributed by atoms with Crippen molar-refractivity contribution in [1.29, 1.82) is 0 Å². The van der Waals surface area contributed by atoms with E-state index in [1.54, 1.807) is 28.0 Å². The van der Waals surface area contributed by atoms with Crippen molar-refractivity contribution < 1.29 is 32.7 Å². The van der Waals surface area contributed by atoms with Gasteiger partial charge in [0.15, 0.2) is 11.3 Å².